The number of nitrogens with zero attached hydrogens (tertiary/aromatic N) is 3. The number of nitrogens with one attached hydrogen (secondary N) is 1. The zero-order valence-electron chi connectivity index (χ0n) is 11.1. The van der Waals surface area contributed by atoms with Crippen LogP contribution in [0.15, 0.2) is 18.3 Å². The van der Waals surface area contributed by atoms with Gasteiger partial charge in [0.05, 0.1) is 7.11 Å². The van der Waals surface area contributed by atoms with Gasteiger partial charge in [-0.1, -0.05) is 13.8 Å². The minimum absolute atomic E-state index is 0.190. The Balaban J connectivity index is 2.09. The fraction of sp³-hybridized carbons (Fsp3) is 0.417. The molecule has 0 aliphatic heterocycles. The molecule has 0 spiro atoms. The number of hydrogen-bond donors (Lipinski definition) is 1. The number of amides is 1. The van der Waals surface area contributed by atoms with Crippen molar-refractivity contribution in [2.75, 3.05) is 12.4 Å². The average molecular weight is 280 g/mol. The van der Waals surface area contributed by atoms with Crippen LogP contribution in [0.1, 0.15) is 24.3 Å². The molecule has 0 unspecified atom stereocenters. The molecule has 2 aromatic heterocycles. The van der Waals surface area contributed by atoms with Crippen LogP contribution < -0.4 is 10.1 Å². The van der Waals surface area contributed by atoms with Gasteiger partial charge in [-0.3, -0.25) is 9.48 Å². The van der Waals surface area contributed by atoms with Gasteiger partial charge in [-0.2, -0.15) is 9.47 Å². The maximum absolute atomic E-state index is 12.1. The van der Waals surface area contributed by atoms with Gasteiger partial charge in [0.2, 0.25) is 5.88 Å². The van der Waals surface area contributed by atoms with Gasteiger partial charge in [0.25, 0.3) is 5.91 Å². The molecular weight excluding hydrogens is 264 g/mol. The second kappa shape index (κ2) is 5.83. The van der Waals surface area contributed by atoms with Gasteiger partial charge >= 0.3 is 0 Å². The minimum atomic E-state index is -0.190. The van der Waals surface area contributed by atoms with Crippen molar-refractivity contribution in [1.82, 2.24) is 14.2 Å². The highest BCUT2D eigenvalue weighted by atomic mass is 32.1. The second-order valence-corrected chi connectivity index (χ2v) is 5.29. The highest BCUT2D eigenvalue weighted by Gasteiger charge is 2.14. The van der Waals surface area contributed by atoms with Crippen molar-refractivity contribution in [2.45, 2.75) is 20.4 Å². The highest BCUT2D eigenvalue weighted by Crippen LogP contribution is 2.22. The van der Waals surface area contributed by atoms with Gasteiger partial charge in [-0.25, -0.2) is 0 Å². The summed E-state index contributed by atoms with van der Waals surface area (Å²) >= 11 is 1.18. The van der Waals surface area contributed by atoms with Crippen LogP contribution in [0.4, 0.5) is 5.00 Å². The summed E-state index contributed by atoms with van der Waals surface area (Å²) in [7, 11) is 1.54. The van der Waals surface area contributed by atoms with E-state index in [1.165, 1.54) is 11.5 Å². The lowest BCUT2D eigenvalue weighted by Gasteiger charge is -2.09. The SMILES string of the molecule is COc1cc(NC(=O)c2ccnn2CC(C)C)sn1. The molecule has 0 aromatic carbocycles. The van der Waals surface area contributed by atoms with Crippen LogP contribution in [0, 0.1) is 5.92 Å². The summed E-state index contributed by atoms with van der Waals surface area (Å²) in [6.07, 6.45) is 1.63. The summed E-state index contributed by atoms with van der Waals surface area (Å²) in [5, 5.41) is 7.60. The molecule has 1 amide bonds. The van der Waals surface area contributed by atoms with Crippen LogP contribution >= 0.6 is 11.5 Å². The van der Waals surface area contributed by atoms with Crippen LogP contribution in [-0.2, 0) is 6.54 Å². The topological polar surface area (TPSA) is 69.0 Å². The van der Waals surface area contributed by atoms with E-state index in [2.05, 4.69) is 28.6 Å². The quantitative estimate of drug-likeness (QED) is 0.912. The molecule has 0 aliphatic rings. The molecular formula is C12H16N4O2S. The Hall–Kier alpha value is -1.89. The van der Waals surface area contributed by atoms with Gasteiger partial charge < -0.3 is 10.1 Å². The molecule has 1 N–H and O–H groups in total. The standard InChI is InChI=1S/C12H16N4O2S/c1-8(2)7-16-9(4-5-13-16)12(17)14-11-6-10(18-3)15-19-11/h4-6,8H,7H2,1-3H3,(H,14,17). The number of methoxy groups -OCH3 is 1. The predicted octanol–water partition coefficient (Wildman–Crippen LogP) is 2.26. The van der Waals surface area contributed by atoms with E-state index in [1.54, 1.807) is 30.1 Å². The van der Waals surface area contributed by atoms with Crippen molar-refractivity contribution in [3.05, 3.63) is 24.0 Å². The van der Waals surface area contributed by atoms with Gasteiger partial charge in [0.1, 0.15) is 10.7 Å². The van der Waals surface area contributed by atoms with E-state index in [-0.39, 0.29) is 5.91 Å². The van der Waals surface area contributed by atoms with Crippen LogP contribution in [-0.4, -0.2) is 27.2 Å². The molecule has 0 atom stereocenters. The molecule has 0 saturated heterocycles. The molecule has 19 heavy (non-hydrogen) atoms. The molecule has 2 rings (SSSR count). The van der Waals surface area contributed by atoms with Crippen molar-refractivity contribution in [3.63, 3.8) is 0 Å². The number of carbonyl (C=O) groups excluding carboxylic acids is 1. The number of aromatic nitrogens is 3. The lowest BCUT2D eigenvalue weighted by atomic mass is 10.2. The van der Waals surface area contributed by atoms with E-state index < -0.39 is 0 Å². The number of hydrogen-bond acceptors (Lipinski definition) is 5. The normalized spacial score (nSPS) is 10.7. The molecule has 0 radical (unpaired) electrons. The van der Waals surface area contributed by atoms with E-state index in [0.29, 0.717) is 29.0 Å². The number of anilines is 1. The summed E-state index contributed by atoms with van der Waals surface area (Å²) in [6, 6.07) is 3.39. The van der Waals surface area contributed by atoms with E-state index >= 15 is 0 Å². The van der Waals surface area contributed by atoms with Crippen molar-refractivity contribution < 1.29 is 9.53 Å². The average Bonchev–Trinajstić information content (AvgIpc) is 2.97. The Morgan fingerprint density at radius 2 is 2.37 bits per heavy atom. The molecule has 2 heterocycles. The van der Waals surface area contributed by atoms with Crippen molar-refractivity contribution in [2.24, 2.45) is 5.92 Å². The van der Waals surface area contributed by atoms with Gasteiger partial charge in [-0.05, 0) is 23.5 Å². The molecule has 0 aliphatic carbocycles. The summed E-state index contributed by atoms with van der Waals surface area (Å²) < 4.78 is 10.7. The minimum Gasteiger partial charge on any atom is -0.480 e. The van der Waals surface area contributed by atoms with E-state index in [0.717, 1.165) is 0 Å². The Kier molecular flexibility index (Phi) is 4.16. The van der Waals surface area contributed by atoms with Crippen molar-refractivity contribution in [1.29, 1.82) is 0 Å². The van der Waals surface area contributed by atoms with Gasteiger partial charge in [0, 0.05) is 18.8 Å². The molecule has 6 nitrogen and oxygen atoms in total. The third-order valence-electron chi connectivity index (χ3n) is 2.42. The van der Waals surface area contributed by atoms with E-state index in [4.69, 9.17) is 4.74 Å². The van der Waals surface area contributed by atoms with Crippen molar-refractivity contribution >= 4 is 22.4 Å². The molecule has 0 bridgehead atoms. The largest absolute Gasteiger partial charge is 0.480 e. The number of ether oxygens (including phenoxy) is 1. The van der Waals surface area contributed by atoms with Gasteiger partial charge in [0.15, 0.2) is 0 Å². The zero-order chi connectivity index (χ0) is 13.8. The fourth-order valence-electron chi connectivity index (χ4n) is 1.61. The monoisotopic (exact) mass is 280 g/mol. The lowest BCUT2D eigenvalue weighted by molar-refractivity contribution is 0.101. The Labute approximate surface area is 115 Å². The lowest BCUT2D eigenvalue weighted by Crippen LogP contribution is -2.19. The summed E-state index contributed by atoms with van der Waals surface area (Å²) in [6.45, 7) is 4.87. The van der Waals surface area contributed by atoms with E-state index in [1.807, 2.05) is 0 Å². The first-order valence-electron chi connectivity index (χ1n) is 5.94. The van der Waals surface area contributed by atoms with E-state index in [9.17, 15) is 4.79 Å². The third kappa shape index (κ3) is 3.31. The maximum Gasteiger partial charge on any atom is 0.274 e. The molecule has 0 saturated carbocycles. The molecule has 102 valence electrons. The number of rotatable bonds is 5. The molecule has 2 aromatic rings. The summed E-state index contributed by atoms with van der Waals surface area (Å²) in [5.41, 5.74) is 0.543. The maximum atomic E-state index is 12.1. The van der Waals surface area contributed by atoms with Crippen LogP contribution in [0.2, 0.25) is 0 Å². The fourth-order valence-corrected chi connectivity index (χ4v) is 2.21. The predicted molar refractivity (Wildman–Crippen MR) is 73.7 cm³/mol. The van der Waals surface area contributed by atoms with Crippen LogP contribution in [0.3, 0.4) is 0 Å². The summed E-state index contributed by atoms with van der Waals surface area (Å²) in [5.74, 6) is 0.732. The third-order valence-corrected chi connectivity index (χ3v) is 3.11. The Morgan fingerprint density at radius 3 is 3.00 bits per heavy atom. The number of carbonyl (C=O) groups is 1. The first-order chi connectivity index (χ1) is 9.10. The van der Waals surface area contributed by atoms with Crippen molar-refractivity contribution in [3.8, 4) is 5.88 Å². The molecule has 0 fully saturated rings. The summed E-state index contributed by atoms with van der Waals surface area (Å²) in [4.78, 5) is 12.1. The first-order valence-corrected chi connectivity index (χ1v) is 6.71. The Bertz CT molecular complexity index is 562. The first kappa shape index (κ1) is 13.5. The second-order valence-electron chi connectivity index (χ2n) is 4.48. The Morgan fingerprint density at radius 1 is 1.58 bits per heavy atom. The highest BCUT2D eigenvalue weighted by molar-refractivity contribution is 7.10. The van der Waals surface area contributed by atoms with Crippen LogP contribution in [0.25, 0.3) is 0 Å². The molecule has 7 heteroatoms. The smallest absolute Gasteiger partial charge is 0.274 e. The van der Waals surface area contributed by atoms with Crippen LogP contribution in [0.5, 0.6) is 5.88 Å². The zero-order valence-corrected chi connectivity index (χ0v) is 11.9. The van der Waals surface area contributed by atoms with Gasteiger partial charge in [-0.15, -0.1) is 0 Å².